The van der Waals surface area contributed by atoms with Crippen LogP contribution in [0, 0.1) is 5.82 Å². The van der Waals surface area contributed by atoms with Crippen LogP contribution < -0.4 is 5.73 Å². The van der Waals surface area contributed by atoms with Gasteiger partial charge in [-0.05, 0) is 60.3 Å². The zero-order chi connectivity index (χ0) is 22.5. The van der Waals surface area contributed by atoms with E-state index in [0.717, 1.165) is 6.26 Å². The molecule has 3 aromatic heterocycles. The predicted molar refractivity (Wildman–Crippen MR) is 121 cm³/mol. The second kappa shape index (κ2) is 9.63. The molecule has 0 unspecified atom stereocenters. The lowest BCUT2D eigenvalue weighted by Crippen LogP contribution is -2.15. The fourth-order valence-electron chi connectivity index (χ4n) is 2.62. The summed E-state index contributed by atoms with van der Waals surface area (Å²) in [6.07, 6.45) is 4.30. The Hall–Kier alpha value is -3.69. The molecule has 0 radical (unpaired) electrons. The van der Waals surface area contributed by atoms with Gasteiger partial charge in [0, 0.05) is 23.5 Å². The number of halogens is 2. The van der Waals surface area contributed by atoms with E-state index in [1.54, 1.807) is 48.8 Å². The van der Waals surface area contributed by atoms with Crippen molar-refractivity contribution in [2.45, 2.75) is 10.1 Å². The number of rotatable bonds is 7. The Bertz CT molecular complexity index is 1260. The molecule has 0 saturated carbocycles. The SMILES string of the molecule is C=CO/N=C(\N)c1ccc(-c2nc(-c3ccc(F)cc3)oc2Sc2ccc(Cl)cn2)cn1. The normalized spacial score (nSPS) is 11.4. The molecule has 160 valence electrons. The van der Waals surface area contributed by atoms with Crippen LogP contribution in [0.1, 0.15) is 5.69 Å². The minimum Gasteiger partial charge on any atom is -0.429 e. The highest BCUT2D eigenvalue weighted by Gasteiger charge is 2.19. The van der Waals surface area contributed by atoms with Crippen molar-refractivity contribution in [3.63, 3.8) is 0 Å². The average molecular weight is 468 g/mol. The molecule has 0 bridgehead atoms. The first kappa shape index (κ1) is 21.5. The zero-order valence-electron chi connectivity index (χ0n) is 16.4. The molecule has 0 aliphatic rings. The number of oxazole rings is 1. The number of pyridine rings is 2. The van der Waals surface area contributed by atoms with Crippen molar-refractivity contribution in [3.8, 4) is 22.7 Å². The van der Waals surface area contributed by atoms with Gasteiger partial charge in [0.15, 0.2) is 10.9 Å². The molecule has 0 saturated heterocycles. The minimum atomic E-state index is -0.347. The molecule has 32 heavy (non-hydrogen) atoms. The first-order valence-electron chi connectivity index (χ1n) is 9.16. The van der Waals surface area contributed by atoms with Crippen LogP contribution in [0.5, 0.6) is 0 Å². The third-order valence-electron chi connectivity index (χ3n) is 4.11. The number of amidine groups is 1. The molecule has 0 amide bonds. The summed E-state index contributed by atoms with van der Waals surface area (Å²) in [5.41, 5.74) is 8.11. The number of aromatic nitrogens is 3. The van der Waals surface area contributed by atoms with E-state index in [2.05, 4.69) is 26.7 Å². The summed E-state index contributed by atoms with van der Waals surface area (Å²) in [6, 6.07) is 12.8. The second-order valence-electron chi connectivity index (χ2n) is 6.26. The largest absolute Gasteiger partial charge is 0.429 e. The summed E-state index contributed by atoms with van der Waals surface area (Å²) in [7, 11) is 0. The molecule has 2 N–H and O–H groups in total. The van der Waals surface area contributed by atoms with Crippen molar-refractivity contribution >= 4 is 29.2 Å². The van der Waals surface area contributed by atoms with Gasteiger partial charge in [0.1, 0.15) is 28.5 Å². The van der Waals surface area contributed by atoms with Crippen LogP contribution in [-0.4, -0.2) is 20.8 Å². The molecule has 7 nitrogen and oxygen atoms in total. The molecule has 0 spiro atoms. The zero-order valence-corrected chi connectivity index (χ0v) is 18.0. The molecule has 10 heteroatoms. The Morgan fingerprint density at radius 2 is 1.88 bits per heavy atom. The molecule has 0 atom stereocenters. The van der Waals surface area contributed by atoms with Gasteiger partial charge in [-0.1, -0.05) is 23.3 Å². The van der Waals surface area contributed by atoms with Gasteiger partial charge in [0.05, 0.1) is 5.02 Å². The van der Waals surface area contributed by atoms with E-state index >= 15 is 0 Å². The van der Waals surface area contributed by atoms with Gasteiger partial charge in [-0.15, -0.1) is 0 Å². The summed E-state index contributed by atoms with van der Waals surface area (Å²) >= 11 is 7.21. The van der Waals surface area contributed by atoms with Crippen molar-refractivity contribution in [2.24, 2.45) is 10.9 Å². The first-order valence-corrected chi connectivity index (χ1v) is 10.4. The molecule has 4 aromatic rings. The molecule has 0 fully saturated rings. The Morgan fingerprint density at radius 3 is 2.53 bits per heavy atom. The molecular formula is C22H15ClFN5O2S. The first-order chi connectivity index (χ1) is 15.5. The van der Waals surface area contributed by atoms with Crippen LogP contribution in [0.4, 0.5) is 4.39 Å². The molecule has 0 aliphatic carbocycles. The van der Waals surface area contributed by atoms with E-state index in [-0.39, 0.29) is 11.7 Å². The fourth-order valence-corrected chi connectivity index (χ4v) is 3.54. The van der Waals surface area contributed by atoms with E-state index < -0.39 is 0 Å². The lowest BCUT2D eigenvalue weighted by Gasteiger charge is -2.03. The van der Waals surface area contributed by atoms with E-state index in [1.807, 2.05) is 0 Å². The van der Waals surface area contributed by atoms with Crippen LogP contribution in [-0.2, 0) is 4.84 Å². The standard InChI is InChI=1S/C22H15ClFN5O2S/c1-2-30-29-20(25)17-9-5-14(11-26-17)19-22(32-18-10-6-15(23)12-27-18)31-21(28-19)13-3-7-16(24)8-4-13/h2-12H,1H2,(H2,25,29). The topological polar surface area (TPSA) is 99.4 Å². The Balaban J connectivity index is 1.72. The van der Waals surface area contributed by atoms with Crippen LogP contribution in [0.3, 0.4) is 0 Å². The minimum absolute atomic E-state index is 0.101. The average Bonchev–Trinajstić information content (AvgIpc) is 3.23. The number of benzene rings is 1. The van der Waals surface area contributed by atoms with Gasteiger partial charge >= 0.3 is 0 Å². The van der Waals surface area contributed by atoms with Crippen LogP contribution in [0.25, 0.3) is 22.7 Å². The van der Waals surface area contributed by atoms with Gasteiger partial charge in [-0.2, -0.15) is 0 Å². The number of nitrogens with two attached hydrogens (primary N) is 1. The predicted octanol–water partition coefficient (Wildman–Crippen LogP) is 5.52. The van der Waals surface area contributed by atoms with Gasteiger partial charge in [0.25, 0.3) is 0 Å². The second-order valence-corrected chi connectivity index (χ2v) is 7.69. The maximum Gasteiger partial charge on any atom is 0.228 e. The fraction of sp³-hybridized carbons (Fsp3) is 0. The highest BCUT2D eigenvalue weighted by molar-refractivity contribution is 7.99. The van der Waals surface area contributed by atoms with Crippen LogP contribution in [0.15, 0.2) is 93.5 Å². The lowest BCUT2D eigenvalue weighted by molar-refractivity contribution is 0.269. The Kier molecular flexibility index (Phi) is 6.48. The highest BCUT2D eigenvalue weighted by atomic mass is 35.5. The van der Waals surface area contributed by atoms with Gasteiger partial charge in [0.2, 0.25) is 5.89 Å². The maximum atomic E-state index is 13.3. The Morgan fingerprint density at radius 1 is 1.09 bits per heavy atom. The van der Waals surface area contributed by atoms with E-state index in [9.17, 15) is 4.39 Å². The van der Waals surface area contributed by atoms with E-state index in [0.29, 0.717) is 43.5 Å². The monoisotopic (exact) mass is 467 g/mol. The van der Waals surface area contributed by atoms with Crippen molar-refractivity contribution < 1.29 is 13.6 Å². The van der Waals surface area contributed by atoms with Crippen molar-refractivity contribution in [1.82, 2.24) is 15.0 Å². The van der Waals surface area contributed by atoms with Crippen molar-refractivity contribution in [2.75, 3.05) is 0 Å². The third-order valence-corrected chi connectivity index (χ3v) is 5.25. The summed E-state index contributed by atoms with van der Waals surface area (Å²) < 4.78 is 19.3. The molecule has 0 aliphatic heterocycles. The van der Waals surface area contributed by atoms with Gasteiger partial charge in [-0.3, -0.25) is 4.98 Å². The Labute approximate surface area is 191 Å². The van der Waals surface area contributed by atoms with Crippen LogP contribution in [0.2, 0.25) is 5.02 Å². The number of nitrogens with zero attached hydrogens (tertiary/aromatic N) is 4. The van der Waals surface area contributed by atoms with Crippen LogP contribution >= 0.6 is 23.4 Å². The molecule has 1 aromatic carbocycles. The quantitative estimate of drug-likeness (QED) is 0.165. The molecule has 4 rings (SSSR count). The van der Waals surface area contributed by atoms with Gasteiger partial charge in [-0.25, -0.2) is 14.4 Å². The van der Waals surface area contributed by atoms with E-state index in [4.69, 9.17) is 26.6 Å². The smallest absolute Gasteiger partial charge is 0.228 e. The highest BCUT2D eigenvalue weighted by Crippen LogP contribution is 2.38. The number of hydrogen-bond acceptors (Lipinski definition) is 7. The van der Waals surface area contributed by atoms with Crippen molar-refractivity contribution in [3.05, 3.63) is 90.3 Å². The third kappa shape index (κ3) is 4.96. The molecular weight excluding hydrogens is 453 g/mol. The number of oxime groups is 1. The summed E-state index contributed by atoms with van der Waals surface area (Å²) in [4.78, 5) is 18.0. The summed E-state index contributed by atoms with van der Waals surface area (Å²) in [6.45, 7) is 3.40. The molecule has 3 heterocycles. The summed E-state index contributed by atoms with van der Waals surface area (Å²) in [5.74, 6) is 0.0875. The van der Waals surface area contributed by atoms with Crippen molar-refractivity contribution in [1.29, 1.82) is 0 Å². The maximum absolute atomic E-state index is 13.3. The van der Waals surface area contributed by atoms with E-state index in [1.165, 1.54) is 23.9 Å². The number of hydrogen-bond donors (Lipinski definition) is 1. The van der Waals surface area contributed by atoms with Gasteiger partial charge < -0.3 is 15.0 Å². The lowest BCUT2D eigenvalue weighted by atomic mass is 10.2. The summed E-state index contributed by atoms with van der Waals surface area (Å²) in [5, 5.41) is 5.36.